The molecule has 0 radical (unpaired) electrons. The number of ether oxygens (including phenoxy) is 1. The number of hydrogen-bond donors (Lipinski definition) is 1. The molecule has 2 rings (SSSR count). The topological polar surface area (TPSA) is 50.7 Å². The molecule has 2 aromatic carbocycles. The van der Waals surface area contributed by atoms with Gasteiger partial charge in [0.2, 0.25) is 5.91 Å². The van der Waals surface area contributed by atoms with Crippen molar-refractivity contribution in [3.8, 4) is 5.75 Å². The number of carbonyl (C=O) groups is 1. The molecule has 0 aliphatic carbocycles. The molecule has 0 saturated carbocycles. The molecule has 6 heteroatoms. The van der Waals surface area contributed by atoms with Crippen LogP contribution in [0.5, 0.6) is 5.75 Å². The van der Waals surface area contributed by atoms with Gasteiger partial charge in [-0.2, -0.15) is 5.10 Å². The number of unbranched alkanes of at least 4 members (excludes halogenated alkanes) is 1. The van der Waals surface area contributed by atoms with Crippen LogP contribution in [-0.4, -0.2) is 24.5 Å². The van der Waals surface area contributed by atoms with E-state index in [0.29, 0.717) is 10.8 Å². The average molecular weight is 391 g/mol. The standard InChI is InChI=1S/C20H23ClN2O2S/c1-2-3-11-25-19-9-7-16(8-10-19)13-22-23-20(24)15-26-14-17-5-4-6-18(21)12-17/h4-10,12-13H,2-3,11,14-15H2,1H3,(H,23,24)/b22-13+. The number of carbonyl (C=O) groups excluding carboxylic acids is 1. The largest absolute Gasteiger partial charge is 0.494 e. The van der Waals surface area contributed by atoms with Crippen LogP contribution in [-0.2, 0) is 10.5 Å². The molecule has 26 heavy (non-hydrogen) atoms. The van der Waals surface area contributed by atoms with Crippen molar-refractivity contribution in [2.75, 3.05) is 12.4 Å². The van der Waals surface area contributed by atoms with E-state index < -0.39 is 0 Å². The van der Waals surface area contributed by atoms with E-state index in [-0.39, 0.29) is 5.91 Å². The number of thioether (sulfide) groups is 1. The smallest absolute Gasteiger partial charge is 0.250 e. The fraction of sp³-hybridized carbons (Fsp3) is 0.300. The molecule has 0 unspecified atom stereocenters. The highest BCUT2D eigenvalue weighted by Gasteiger charge is 2.01. The maximum Gasteiger partial charge on any atom is 0.250 e. The Hall–Kier alpha value is -1.98. The molecule has 0 aliphatic heterocycles. The molecule has 0 aliphatic rings. The minimum atomic E-state index is -0.132. The number of amides is 1. The first kappa shape index (κ1) is 20.3. The summed E-state index contributed by atoms with van der Waals surface area (Å²) < 4.78 is 5.61. The lowest BCUT2D eigenvalue weighted by atomic mass is 10.2. The number of halogens is 1. The van der Waals surface area contributed by atoms with Gasteiger partial charge in [-0.15, -0.1) is 11.8 Å². The van der Waals surface area contributed by atoms with Crippen LogP contribution in [0, 0.1) is 0 Å². The van der Waals surface area contributed by atoms with Gasteiger partial charge in [0.1, 0.15) is 5.75 Å². The van der Waals surface area contributed by atoms with E-state index in [9.17, 15) is 4.79 Å². The Labute approximate surface area is 164 Å². The van der Waals surface area contributed by atoms with Crippen molar-refractivity contribution < 1.29 is 9.53 Å². The lowest BCUT2D eigenvalue weighted by Gasteiger charge is -2.05. The first-order valence-corrected chi connectivity index (χ1v) is 10.1. The molecule has 138 valence electrons. The van der Waals surface area contributed by atoms with Gasteiger partial charge in [0.15, 0.2) is 0 Å². The van der Waals surface area contributed by atoms with Crippen molar-refractivity contribution in [1.82, 2.24) is 5.43 Å². The summed E-state index contributed by atoms with van der Waals surface area (Å²) in [6.45, 7) is 2.86. The van der Waals surface area contributed by atoms with Crippen molar-refractivity contribution in [1.29, 1.82) is 0 Å². The predicted octanol–water partition coefficient (Wildman–Crippen LogP) is 4.90. The lowest BCUT2D eigenvalue weighted by Crippen LogP contribution is -2.19. The highest BCUT2D eigenvalue weighted by atomic mass is 35.5. The maximum atomic E-state index is 11.8. The molecule has 2 aromatic rings. The zero-order valence-electron chi connectivity index (χ0n) is 14.8. The van der Waals surface area contributed by atoms with Crippen LogP contribution < -0.4 is 10.2 Å². The number of hydrogen-bond acceptors (Lipinski definition) is 4. The van der Waals surface area contributed by atoms with Gasteiger partial charge >= 0.3 is 0 Å². The van der Waals surface area contributed by atoms with Crippen LogP contribution in [0.3, 0.4) is 0 Å². The molecule has 0 atom stereocenters. The fourth-order valence-electron chi connectivity index (χ4n) is 2.08. The second-order valence-corrected chi connectivity index (χ2v) is 7.11. The first-order chi connectivity index (χ1) is 12.7. The van der Waals surface area contributed by atoms with Crippen molar-refractivity contribution in [3.05, 3.63) is 64.7 Å². The Morgan fingerprint density at radius 3 is 2.81 bits per heavy atom. The lowest BCUT2D eigenvalue weighted by molar-refractivity contribution is -0.118. The van der Waals surface area contributed by atoms with Crippen molar-refractivity contribution in [2.45, 2.75) is 25.5 Å². The third-order valence-electron chi connectivity index (χ3n) is 3.44. The van der Waals surface area contributed by atoms with Gasteiger partial charge in [0.05, 0.1) is 18.6 Å². The van der Waals surface area contributed by atoms with Crippen LogP contribution in [0.2, 0.25) is 5.02 Å². The summed E-state index contributed by atoms with van der Waals surface area (Å²) in [7, 11) is 0. The third-order valence-corrected chi connectivity index (χ3v) is 4.68. The maximum absolute atomic E-state index is 11.8. The molecule has 0 heterocycles. The van der Waals surface area contributed by atoms with E-state index in [1.807, 2.05) is 48.5 Å². The summed E-state index contributed by atoms with van der Waals surface area (Å²) in [4.78, 5) is 11.8. The first-order valence-electron chi connectivity index (χ1n) is 8.54. The van der Waals surface area contributed by atoms with Gasteiger partial charge in [-0.1, -0.05) is 37.1 Å². The van der Waals surface area contributed by atoms with Crippen molar-refractivity contribution >= 4 is 35.5 Å². The minimum Gasteiger partial charge on any atom is -0.494 e. The summed E-state index contributed by atoms with van der Waals surface area (Å²) in [6.07, 6.45) is 3.78. The van der Waals surface area contributed by atoms with E-state index in [0.717, 1.165) is 42.1 Å². The van der Waals surface area contributed by atoms with Crippen LogP contribution in [0.15, 0.2) is 53.6 Å². The quantitative estimate of drug-likeness (QED) is 0.356. The van der Waals surface area contributed by atoms with Gasteiger partial charge in [0.25, 0.3) is 0 Å². The van der Waals surface area contributed by atoms with Gasteiger partial charge in [0, 0.05) is 10.8 Å². The van der Waals surface area contributed by atoms with Crippen molar-refractivity contribution in [3.63, 3.8) is 0 Å². The molecule has 0 fully saturated rings. The fourth-order valence-corrected chi connectivity index (χ4v) is 3.06. The molecule has 1 N–H and O–H groups in total. The summed E-state index contributed by atoms with van der Waals surface area (Å²) in [6, 6.07) is 15.3. The molecular formula is C20H23ClN2O2S. The molecule has 4 nitrogen and oxygen atoms in total. The zero-order chi connectivity index (χ0) is 18.6. The Morgan fingerprint density at radius 1 is 1.27 bits per heavy atom. The summed E-state index contributed by atoms with van der Waals surface area (Å²) in [5.41, 5.74) is 4.54. The predicted molar refractivity (Wildman–Crippen MR) is 110 cm³/mol. The second kappa shape index (κ2) is 11.6. The molecule has 0 aromatic heterocycles. The zero-order valence-corrected chi connectivity index (χ0v) is 16.4. The van der Waals surface area contributed by atoms with Gasteiger partial charge in [-0.25, -0.2) is 5.43 Å². The molecule has 0 saturated heterocycles. The van der Waals surface area contributed by atoms with Crippen LogP contribution >= 0.6 is 23.4 Å². The van der Waals surface area contributed by atoms with E-state index >= 15 is 0 Å². The number of hydrazone groups is 1. The Morgan fingerprint density at radius 2 is 2.08 bits per heavy atom. The van der Waals surface area contributed by atoms with Gasteiger partial charge in [-0.3, -0.25) is 4.79 Å². The highest BCUT2D eigenvalue weighted by molar-refractivity contribution is 7.99. The SMILES string of the molecule is CCCCOc1ccc(/C=N/NC(=O)CSCc2cccc(Cl)c2)cc1. The average Bonchev–Trinajstić information content (AvgIpc) is 2.63. The normalized spacial score (nSPS) is 10.8. The van der Waals surface area contributed by atoms with E-state index in [1.54, 1.807) is 6.21 Å². The van der Waals surface area contributed by atoms with Crippen LogP contribution in [0.25, 0.3) is 0 Å². The highest BCUT2D eigenvalue weighted by Crippen LogP contribution is 2.16. The summed E-state index contributed by atoms with van der Waals surface area (Å²) in [5, 5.41) is 4.69. The Kier molecular flexibility index (Phi) is 9.07. The number of nitrogens with zero attached hydrogens (tertiary/aromatic N) is 1. The molecular weight excluding hydrogens is 368 g/mol. The monoisotopic (exact) mass is 390 g/mol. The number of rotatable bonds is 10. The summed E-state index contributed by atoms with van der Waals surface area (Å²) >= 11 is 7.46. The van der Waals surface area contributed by atoms with Crippen LogP contribution in [0.1, 0.15) is 30.9 Å². The minimum absolute atomic E-state index is 0.132. The summed E-state index contributed by atoms with van der Waals surface area (Å²) in [5.74, 6) is 1.79. The number of benzene rings is 2. The van der Waals surface area contributed by atoms with Gasteiger partial charge in [-0.05, 0) is 53.9 Å². The van der Waals surface area contributed by atoms with Crippen molar-refractivity contribution in [2.24, 2.45) is 5.10 Å². The Bertz CT molecular complexity index is 720. The second-order valence-electron chi connectivity index (χ2n) is 5.69. The van der Waals surface area contributed by atoms with E-state index in [1.165, 1.54) is 11.8 Å². The molecule has 0 spiro atoms. The van der Waals surface area contributed by atoms with Gasteiger partial charge < -0.3 is 4.74 Å². The number of nitrogens with one attached hydrogen (secondary N) is 1. The molecule has 1 amide bonds. The molecule has 0 bridgehead atoms. The van der Waals surface area contributed by atoms with E-state index in [2.05, 4.69) is 17.5 Å². The third kappa shape index (κ3) is 7.93. The Balaban J connectivity index is 1.67. The van der Waals surface area contributed by atoms with Crippen LogP contribution in [0.4, 0.5) is 0 Å². The van der Waals surface area contributed by atoms with E-state index in [4.69, 9.17) is 16.3 Å².